The summed E-state index contributed by atoms with van der Waals surface area (Å²) >= 11 is 0. The first-order chi connectivity index (χ1) is 8.52. The van der Waals surface area contributed by atoms with E-state index < -0.39 is 0 Å². The molecule has 98 valence electrons. The van der Waals surface area contributed by atoms with Crippen LogP contribution in [0.5, 0.6) is 0 Å². The maximum atomic E-state index is 8.96. The van der Waals surface area contributed by atoms with Gasteiger partial charge in [-0.25, -0.2) is 0 Å². The zero-order valence-corrected chi connectivity index (χ0v) is 11.4. The highest BCUT2D eigenvalue weighted by atomic mass is 14.9. The molecule has 1 fully saturated rings. The van der Waals surface area contributed by atoms with Crippen LogP contribution >= 0.6 is 0 Å². The fraction of sp³-hybridized carbons (Fsp3) is 0.667. The molecule has 1 aliphatic rings. The number of hydrogen-bond acceptors (Lipinski definition) is 2. The fourth-order valence-corrected chi connectivity index (χ4v) is 2.28. The molecule has 2 rings (SSSR count). The van der Waals surface area contributed by atoms with Crippen molar-refractivity contribution < 1.29 is 0 Å². The molecular weight excluding hydrogens is 222 g/mol. The second kappa shape index (κ2) is 5.16. The van der Waals surface area contributed by atoms with Gasteiger partial charge in [-0.2, -0.15) is 5.26 Å². The molecule has 1 aromatic rings. The number of rotatable bonds is 6. The second-order valence-electron chi connectivity index (χ2n) is 6.15. The van der Waals surface area contributed by atoms with Gasteiger partial charge in [0.1, 0.15) is 0 Å². The van der Waals surface area contributed by atoms with Crippen LogP contribution < -0.4 is 5.73 Å². The maximum Gasteiger partial charge on any atom is 0.0683 e. The van der Waals surface area contributed by atoms with Crippen LogP contribution in [0.4, 0.5) is 0 Å². The Morgan fingerprint density at radius 3 is 2.89 bits per heavy atom. The minimum Gasteiger partial charge on any atom is -0.354 e. The molecule has 0 saturated heterocycles. The van der Waals surface area contributed by atoms with Crippen LogP contribution in [0.1, 0.15) is 51.1 Å². The Kier molecular flexibility index (Phi) is 3.77. The summed E-state index contributed by atoms with van der Waals surface area (Å²) < 4.78 is 2.20. The number of aryl methyl sites for hydroxylation is 1. The van der Waals surface area contributed by atoms with Crippen molar-refractivity contribution in [1.82, 2.24) is 4.57 Å². The molecule has 0 aromatic carbocycles. The number of nitriles is 1. The molecule has 1 aromatic heterocycles. The van der Waals surface area contributed by atoms with E-state index in [9.17, 15) is 0 Å². The summed E-state index contributed by atoms with van der Waals surface area (Å²) in [4.78, 5) is 0. The molecule has 0 radical (unpaired) electrons. The lowest BCUT2D eigenvalue weighted by atomic mass is 9.90. The first kappa shape index (κ1) is 13.2. The Bertz CT molecular complexity index is 435. The monoisotopic (exact) mass is 245 g/mol. The van der Waals surface area contributed by atoms with E-state index in [-0.39, 0.29) is 11.5 Å². The minimum absolute atomic E-state index is 0.208. The largest absolute Gasteiger partial charge is 0.354 e. The zero-order chi connectivity index (χ0) is 13.2. The maximum absolute atomic E-state index is 8.96. The van der Waals surface area contributed by atoms with Gasteiger partial charge in [0, 0.05) is 25.0 Å². The number of aromatic nitrogens is 1. The normalized spacial score (nSPS) is 17.4. The van der Waals surface area contributed by atoms with Gasteiger partial charge in [0.2, 0.25) is 0 Å². The van der Waals surface area contributed by atoms with Crippen LogP contribution in [-0.4, -0.2) is 4.57 Å². The third-order valence-electron chi connectivity index (χ3n) is 3.81. The minimum atomic E-state index is -0.208. The lowest BCUT2D eigenvalue weighted by Gasteiger charge is -2.14. The van der Waals surface area contributed by atoms with Crippen LogP contribution in [0.3, 0.4) is 0 Å². The predicted octanol–water partition coefficient (Wildman–Crippen LogP) is 3.23. The van der Waals surface area contributed by atoms with Crippen molar-refractivity contribution >= 4 is 0 Å². The van der Waals surface area contributed by atoms with Gasteiger partial charge in [-0.05, 0) is 57.1 Å². The lowest BCUT2D eigenvalue weighted by molar-refractivity contribution is 0.415. The topological polar surface area (TPSA) is 54.7 Å². The van der Waals surface area contributed by atoms with E-state index in [1.807, 2.05) is 13.8 Å². The van der Waals surface area contributed by atoms with Crippen molar-refractivity contribution in [3.8, 4) is 6.07 Å². The van der Waals surface area contributed by atoms with Gasteiger partial charge < -0.3 is 10.3 Å². The highest BCUT2D eigenvalue weighted by Crippen LogP contribution is 2.39. The van der Waals surface area contributed by atoms with E-state index in [0.29, 0.717) is 5.92 Å². The molecule has 3 heteroatoms. The highest BCUT2D eigenvalue weighted by Gasteiger charge is 2.29. The Balaban J connectivity index is 1.82. The van der Waals surface area contributed by atoms with E-state index in [1.165, 1.54) is 18.4 Å². The Hall–Kier alpha value is -1.27. The second-order valence-corrected chi connectivity index (χ2v) is 6.15. The first-order valence-electron chi connectivity index (χ1n) is 6.84. The number of hydrogen-bond donors (Lipinski definition) is 1. The quantitative estimate of drug-likeness (QED) is 0.836. The highest BCUT2D eigenvalue weighted by molar-refractivity contribution is 5.17. The molecular formula is C15H23N3. The number of nitrogens with two attached hydrogens (primary N) is 1. The van der Waals surface area contributed by atoms with Gasteiger partial charge in [-0.15, -0.1) is 0 Å². The van der Waals surface area contributed by atoms with Gasteiger partial charge in [0.25, 0.3) is 0 Å². The summed E-state index contributed by atoms with van der Waals surface area (Å²) in [6.07, 6.45) is 8.81. The van der Waals surface area contributed by atoms with E-state index in [1.54, 1.807) is 0 Å². The molecule has 1 unspecified atom stereocenters. The SMILES string of the molecule is CC(C)(C#N)CCCn1ccc(C(N)C2CC2)c1. The summed E-state index contributed by atoms with van der Waals surface area (Å²) in [5, 5.41) is 8.96. The van der Waals surface area contributed by atoms with Gasteiger partial charge in [-0.1, -0.05) is 0 Å². The molecule has 1 atom stereocenters. The van der Waals surface area contributed by atoms with Crippen LogP contribution in [0.15, 0.2) is 18.5 Å². The molecule has 3 nitrogen and oxygen atoms in total. The molecule has 1 aliphatic carbocycles. The summed E-state index contributed by atoms with van der Waals surface area (Å²) in [7, 11) is 0. The predicted molar refractivity (Wildman–Crippen MR) is 72.7 cm³/mol. The molecule has 1 saturated carbocycles. The number of nitrogens with zero attached hydrogens (tertiary/aromatic N) is 2. The summed E-state index contributed by atoms with van der Waals surface area (Å²) in [6.45, 7) is 4.97. The summed E-state index contributed by atoms with van der Waals surface area (Å²) in [6, 6.07) is 4.71. The van der Waals surface area contributed by atoms with Gasteiger partial charge >= 0.3 is 0 Å². The van der Waals surface area contributed by atoms with Crippen LogP contribution in [0.25, 0.3) is 0 Å². The molecule has 18 heavy (non-hydrogen) atoms. The Labute approximate surface area is 110 Å². The van der Waals surface area contributed by atoms with Crippen molar-refractivity contribution in [1.29, 1.82) is 5.26 Å². The van der Waals surface area contributed by atoms with Gasteiger partial charge in [-0.3, -0.25) is 0 Å². The third-order valence-corrected chi connectivity index (χ3v) is 3.81. The first-order valence-corrected chi connectivity index (χ1v) is 6.84. The average molecular weight is 245 g/mol. The van der Waals surface area contributed by atoms with Crippen molar-refractivity contribution in [2.75, 3.05) is 0 Å². The van der Waals surface area contributed by atoms with Crippen LogP contribution in [-0.2, 0) is 6.54 Å². The Morgan fingerprint density at radius 1 is 1.56 bits per heavy atom. The average Bonchev–Trinajstić information content (AvgIpc) is 3.08. The van der Waals surface area contributed by atoms with E-state index >= 15 is 0 Å². The molecule has 0 aliphatic heterocycles. The summed E-state index contributed by atoms with van der Waals surface area (Å²) in [5.41, 5.74) is 7.23. The Morgan fingerprint density at radius 2 is 2.28 bits per heavy atom. The van der Waals surface area contributed by atoms with E-state index in [0.717, 1.165) is 19.4 Å². The molecule has 2 N–H and O–H groups in total. The molecule has 0 spiro atoms. The van der Waals surface area contributed by atoms with Crippen molar-refractivity contribution in [2.24, 2.45) is 17.1 Å². The van der Waals surface area contributed by atoms with Crippen LogP contribution in [0.2, 0.25) is 0 Å². The third kappa shape index (κ3) is 3.36. The van der Waals surface area contributed by atoms with Gasteiger partial charge in [0.05, 0.1) is 11.5 Å². The fourth-order valence-electron chi connectivity index (χ4n) is 2.28. The lowest BCUT2D eigenvalue weighted by Crippen LogP contribution is -2.11. The van der Waals surface area contributed by atoms with Crippen molar-refractivity contribution in [3.63, 3.8) is 0 Å². The van der Waals surface area contributed by atoms with Crippen molar-refractivity contribution in [2.45, 2.75) is 52.1 Å². The standard InChI is InChI=1S/C15H23N3/c1-15(2,11-16)7-3-8-18-9-6-13(10-18)14(17)12-4-5-12/h6,9-10,12,14H,3-5,7-8,17H2,1-2H3. The molecule has 0 bridgehead atoms. The molecule has 0 amide bonds. The summed E-state index contributed by atoms with van der Waals surface area (Å²) in [5.74, 6) is 0.707. The zero-order valence-electron chi connectivity index (χ0n) is 11.4. The van der Waals surface area contributed by atoms with Crippen molar-refractivity contribution in [3.05, 3.63) is 24.0 Å². The smallest absolute Gasteiger partial charge is 0.0683 e. The van der Waals surface area contributed by atoms with Gasteiger partial charge in [0.15, 0.2) is 0 Å². The van der Waals surface area contributed by atoms with E-state index in [4.69, 9.17) is 11.0 Å². The molecule has 1 heterocycles. The van der Waals surface area contributed by atoms with E-state index in [2.05, 4.69) is 29.1 Å². The van der Waals surface area contributed by atoms with Crippen LogP contribution in [0, 0.1) is 22.7 Å².